The molecule has 1 aromatic heterocycles. The summed E-state index contributed by atoms with van der Waals surface area (Å²) < 4.78 is 5.10. The number of pyridine rings is 1. The van der Waals surface area contributed by atoms with Gasteiger partial charge in [0.2, 0.25) is 5.91 Å². The van der Waals surface area contributed by atoms with Crippen molar-refractivity contribution in [1.29, 1.82) is 0 Å². The molecule has 2 fully saturated rings. The van der Waals surface area contributed by atoms with Crippen LogP contribution in [0, 0.1) is 11.3 Å². The lowest BCUT2D eigenvalue weighted by Crippen LogP contribution is -2.64. The first kappa shape index (κ1) is 25.0. The van der Waals surface area contributed by atoms with Gasteiger partial charge in [-0.05, 0) is 61.6 Å². The molecule has 1 atom stereocenters. The van der Waals surface area contributed by atoms with E-state index >= 15 is 0 Å². The number of ether oxygens (including phenoxy) is 1. The number of benzene rings is 1. The fourth-order valence-corrected chi connectivity index (χ4v) is 5.84. The second kappa shape index (κ2) is 10.8. The van der Waals surface area contributed by atoms with Crippen LogP contribution in [0.5, 0.6) is 0 Å². The number of likely N-dealkylation sites (tertiary alicyclic amines) is 1. The number of nitrogens with zero attached hydrogens (tertiary/aromatic N) is 2. The average Bonchev–Trinajstić information content (AvgIpc) is 2.85. The lowest BCUT2D eigenvalue weighted by Gasteiger charge is -2.59. The first-order chi connectivity index (χ1) is 17.9. The van der Waals surface area contributed by atoms with Gasteiger partial charge in [0, 0.05) is 30.7 Å². The molecular formula is C28H34N4O5. The average molecular weight is 507 g/mol. The molecule has 1 saturated carbocycles. The molecule has 1 saturated heterocycles. The third-order valence-electron chi connectivity index (χ3n) is 7.79. The van der Waals surface area contributed by atoms with Gasteiger partial charge in [0.05, 0.1) is 6.42 Å². The van der Waals surface area contributed by atoms with Crippen LogP contribution in [0.1, 0.15) is 48.9 Å². The van der Waals surface area contributed by atoms with Gasteiger partial charge in [-0.15, -0.1) is 0 Å². The number of hydrogen-bond donors (Lipinski definition) is 3. The summed E-state index contributed by atoms with van der Waals surface area (Å²) in [6.45, 7) is 2.34. The summed E-state index contributed by atoms with van der Waals surface area (Å²) in [6, 6.07) is 12.1. The van der Waals surface area contributed by atoms with Crippen LogP contribution in [-0.4, -0.2) is 58.6 Å². The number of carboxylic acids is 1. The third-order valence-corrected chi connectivity index (χ3v) is 7.79. The van der Waals surface area contributed by atoms with Crippen LogP contribution in [0.2, 0.25) is 0 Å². The summed E-state index contributed by atoms with van der Waals surface area (Å²) in [5.74, 6) is 0.169. The Morgan fingerprint density at radius 3 is 2.70 bits per heavy atom. The zero-order chi connectivity index (χ0) is 25.8. The molecule has 2 aliphatic heterocycles. The zero-order valence-electron chi connectivity index (χ0n) is 20.9. The highest BCUT2D eigenvalue weighted by Gasteiger charge is 2.53. The Labute approximate surface area is 216 Å². The molecule has 9 heteroatoms. The van der Waals surface area contributed by atoms with Crippen molar-refractivity contribution >= 4 is 23.8 Å². The number of carboxylic acid groups (broad SMARTS) is 1. The standard InChI is InChI=1S/C28H34N4O5/c33-24(13-23(26(34)35)31-27(36)37-16-19-5-2-1-3-6-19)32-17-28(18-32)14-20(15-28)8-10-22-11-9-21-7-4-12-29-25(21)30-22/h1-3,5-6,9,11,20,23H,4,7-8,10,12-18H2,(H,29,30)(H,31,36)(H,34,35)/t23-/m0/s1. The number of carbonyl (C=O) groups is 3. The fraction of sp³-hybridized carbons (Fsp3) is 0.500. The molecule has 5 rings (SSSR count). The van der Waals surface area contributed by atoms with Crippen LogP contribution in [0.25, 0.3) is 0 Å². The van der Waals surface area contributed by atoms with E-state index in [2.05, 4.69) is 22.8 Å². The minimum atomic E-state index is -1.32. The molecular weight excluding hydrogens is 472 g/mol. The Morgan fingerprint density at radius 2 is 1.95 bits per heavy atom. The first-order valence-electron chi connectivity index (χ1n) is 13.1. The lowest BCUT2D eigenvalue weighted by molar-refractivity contribution is -0.158. The number of anilines is 1. The van der Waals surface area contributed by atoms with E-state index in [4.69, 9.17) is 9.72 Å². The van der Waals surface area contributed by atoms with Gasteiger partial charge in [0.1, 0.15) is 18.5 Å². The molecule has 0 unspecified atom stereocenters. The number of aryl methyl sites for hydroxylation is 2. The number of amides is 2. The SMILES string of the molecule is O=C(N[C@@H](CC(=O)N1CC2(CC(CCc3ccc4c(n3)NCCC4)C2)C1)C(=O)O)OCc1ccccc1. The van der Waals surface area contributed by atoms with Crippen molar-refractivity contribution in [3.63, 3.8) is 0 Å². The first-order valence-corrected chi connectivity index (χ1v) is 13.1. The molecule has 9 nitrogen and oxygen atoms in total. The van der Waals surface area contributed by atoms with E-state index in [-0.39, 0.29) is 24.3 Å². The highest BCUT2D eigenvalue weighted by Crippen LogP contribution is 2.53. The molecule has 1 spiro atoms. The quantitative estimate of drug-likeness (QED) is 0.477. The summed E-state index contributed by atoms with van der Waals surface area (Å²) in [7, 11) is 0. The summed E-state index contributed by atoms with van der Waals surface area (Å²) in [6.07, 6.45) is 5.36. The summed E-state index contributed by atoms with van der Waals surface area (Å²) >= 11 is 0. The Bertz CT molecular complexity index is 1140. The number of aromatic nitrogens is 1. The van der Waals surface area contributed by atoms with E-state index < -0.39 is 18.1 Å². The molecule has 1 aromatic carbocycles. The van der Waals surface area contributed by atoms with Crippen LogP contribution < -0.4 is 10.6 Å². The Kier molecular flexibility index (Phi) is 7.30. The molecule has 3 aliphatic rings. The Morgan fingerprint density at radius 1 is 1.16 bits per heavy atom. The molecule has 37 heavy (non-hydrogen) atoms. The molecule has 3 N–H and O–H groups in total. The van der Waals surface area contributed by atoms with Crippen LogP contribution in [0.15, 0.2) is 42.5 Å². The molecule has 0 bridgehead atoms. The minimum absolute atomic E-state index is 0.0300. The van der Waals surface area contributed by atoms with Gasteiger partial charge in [-0.2, -0.15) is 0 Å². The topological polar surface area (TPSA) is 121 Å². The number of fused-ring (bicyclic) bond motifs is 1. The molecule has 2 aromatic rings. The van der Waals surface area contributed by atoms with Crippen molar-refractivity contribution < 1.29 is 24.2 Å². The van der Waals surface area contributed by atoms with Crippen molar-refractivity contribution in [2.75, 3.05) is 25.0 Å². The van der Waals surface area contributed by atoms with E-state index in [1.165, 1.54) is 5.56 Å². The van der Waals surface area contributed by atoms with Crippen molar-refractivity contribution in [2.24, 2.45) is 11.3 Å². The second-order valence-electron chi connectivity index (χ2n) is 10.7. The van der Waals surface area contributed by atoms with Crippen molar-refractivity contribution in [3.8, 4) is 0 Å². The highest BCUT2D eigenvalue weighted by atomic mass is 16.5. The lowest BCUT2D eigenvalue weighted by atomic mass is 9.56. The van der Waals surface area contributed by atoms with Gasteiger partial charge in [-0.25, -0.2) is 14.6 Å². The smallest absolute Gasteiger partial charge is 0.408 e. The minimum Gasteiger partial charge on any atom is -0.480 e. The van der Waals surface area contributed by atoms with Gasteiger partial charge < -0.3 is 25.4 Å². The van der Waals surface area contributed by atoms with Crippen LogP contribution in [0.3, 0.4) is 0 Å². The maximum atomic E-state index is 12.7. The molecule has 1 aliphatic carbocycles. The van der Waals surface area contributed by atoms with E-state index in [1.807, 2.05) is 18.2 Å². The molecule has 196 valence electrons. The van der Waals surface area contributed by atoms with Gasteiger partial charge in [-0.3, -0.25) is 4.79 Å². The monoisotopic (exact) mass is 506 g/mol. The van der Waals surface area contributed by atoms with Crippen molar-refractivity contribution in [1.82, 2.24) is 15.2 Å². The van der Waals surface area contributed by atoms with E-state index in [0.717, 1.165) is 62.1 Å². The number of hydrogen-bond acceptors (Lipinski definition) is 6. The highest BCUT2D eigenvalue weighted by molar-refractivity contribution is 5.87. The predicted molar refractivity (Wildman–Crippen MR) is 137 cm³/mol. The van der Waals surface area contributed by atoms with Crippen molar-refractivity contribution in [3.05, 3.63) is 59.3 Å². The normalized spacial score (nSPS) is 18.5. The van der Waals surface area contributed by atoms with Gasteiger partial charge in [0.25, 0.3) is 0 Å². The van der Waals surface area contributed by atoms with Crippen LogP contribution in [0.4, 0.5) is 10.6 Å². The van der Waals surface area contributed by atoms with Gasteiger partial charge in [-0.1, -0.05) is 36.4 Å². The molecule has 0 radical (unpaired) electrons. The summed E-state index contributed by atoms with van der Waals surface area (Å²) in [5, 5.41) is 15.2. The zero-order valence-corrected chi connectivity index (χ0v) is 20.9. The second-order valence-corrected chi connectivity index (χ2v) is 10.7. The van der Waals surface area contributed by atoms with Crippen LogP contribution in [-0.2, 0) is 33.8 Å². The van der Waals surface area contributed by atoms with E-state index in [9.17, 15) is 19.5 Å². The van der Waals surface area contributed by atoms with Crippen molar-refractivity contribution in [2.45, 2.75) is 57.6 Å². The van der Waals surface area contributed by atoms with Crippen LogP contribution >= 0.6 is 0 Å². The maximum Gasteiger partial charge on any atom is 0.408 e. The van der Waals surface area contributed by atoms with E-state index in [0.29, 0.717) is 19.0 Å². The summed E-state index contributed by atoms with van der Waals surface area (Å²) in [4.78, 5) is 42.9. The largest absolute Gasteiger partial charge is 0.480 e. The van der Waals surface area contributed by atoms with E-state index in [1.54, 1.807) is 17.0 Å². The number of rotatable bonds is 9. The molecule has 2 amide bonds. The number of nitrogens with one attached hydrogen (secondary N) is 2. The third kappa shape index (κ3) is 6.03. The fourth-order valence-electron chi connectivity index (χ4n) is 5.84. The Hall–Kier alpha value is -3.62. The molecule has 3 heterocycles. The number of carbonyl (C=O) groups excluding carboxylic acids is 2. The Balaban J connectivity index is 1.02. The maximum absolute atomic E-state index is 12.7. The summed E-state index contributed by atoms with van der Waals surface area (Å²) in [5.41, 5.74) is 3.41. The number of aliphatic carboxylic acids is 1. The van der Waals surface area contributed by atoms with Gasteiger partial charge in [0.15, 0.2) is 0 Å². The predicted octanol–water partition coefficient (Wildman–Crippen LogP) is 3.38. The van der Waals surface area contributed by atoms with Gasteiger partial charge >= 0.3 is 12.1 Å². The number of alkyl carbamates (subject to hydrolysis) is 1.